The van der Waals surface area contributed by atoms with E-state index < -0.39 is 0 Å². The number of fused-ring (bicyclic) bond motifs is 1. The van der Waals surface area contributed by atoms with Crippen molar-refractivity contribution in [3.05, 3.63) is 23.4 Å². The molecule has 0 aliphatic carbocycles. The lowest BCUT2D eigenvalue weighted by molar-refractivity contribution is 0.265. The summed E-state index contributed by atoms with van der Waals surface area (Å²) in [4.78, 5) is 4.31. The van der Waals surface area contributed by atoms with Gasteiger partial charge in [0, 0.05) is 19.3 Å². The first kappa shape index (κ1) is 12.1. The second-order valence-electron chi connectivity index (χ2n) is 4.08. The number of aliphatic hydroxyl groups excluding tert-OH is 1. The van der Waals surface area contributed by atoms with E-state index in [1.807, 2.05) is 6.07 Å². The van der Waals surface area contributed by atoms with Crippen molar-refractivity contribution in [3.8, 4) is 0 Å². The van der Waals surface area contributed by atoms with Gasteiger partial charge >= 0.3 is 0 Å². The van der Waals surface area contributed by atoms with Crippen LogP contribution in [0.5, 0.6) is 0 Å². The third kappa shape index (κ3) is 3.08. The normalized spacial score (nSPS) is 12.9. The Morgan fingerprint density at radius 3 is 3.12 bits per heavy atom. The quantitative estimate of drug-likeness (QED) is 0.854. The van der Waals surface area contributed by atoms with E-state index in [0.29, 0.717) is 16.9 Å². The molecule has 0 aliphatic heterocycles. The van der Waals surface area contributed by atoms with Gasteiger partial charge in [-0.15, -0.1) is 5.10 Å². The molecule has 0 saturated heterocycles. The molecule has 92 valence electrons. The van der Waals surface area contributed by atoms with Crippen LogP contribution in [0.15, 0.2) is 18.3 Å². The van der Waals surface area contributed by atoms with Crippen molar-refractivity contribution in [3.63, 3.8) is 0 Å². The summed E-state index contributed by atoms with van der Waals surface area (Å²) in [5, 5.41) is 16.8. The lowest BCUT2D eigenvalue weighted by Crippen LogP contribution is -2.13. The van der Waals surface area contributed by atoms with Crippen molar-refractivity contribution in [1.82, 2.24) is 14.6 Å². The molecular weight excluding hydrogens is 240 g/mol. The summed E-state index contributed by atoms with van der Waals surface area (Å²) >= 11 is 5.86. The Bertz CT molecular complexity index is 499. The first-order valence-corrected chi connectivity index (χ1v) is 5.93. The van der Waals surface area contributed by atoms with E-state index in [1.165, 1.54) is 0 Å². The zero-order valence-electron chi connectivity index (χ0n) is 9.60. The highest BCUT2D eigenvalue weighted by Gasteiger charge is 2.05. The largest absolute Gasteiger partial charge is 0.396 e. The predicted octanol–water partition coefficient (Wildman–Crippen LogP) is 1.81. The minimum atomic E-state index is 0.205. The molecule has 0 spiro atoms. The number of anilines is 1. The maximum Gasteiger partial charge on any atom is 0.243 e. The summed E-state index contributed by atoms with van der Waals surface area (Å²) in [6.07, 6.45) is 2.48. The van der Waals surface area contributed by atoms with Crippen LogP contribution in [-0.4, -0.2) is 32.9 Å². The van der Waals surface area contributed by atoms with Crippen molar-refractivity contribution in [2.45, 2.75) is 13.3 Å². The van der Waals surface area contributed by atoms with Crippen molar-refractivity contribution < 1.29 is 5.11 Å². The zero-order chi connectivity index (χ0) is 12.3. The van der Waals surface area contributed by atoms with Crippen LogP contribution in [0.2, 0.25) is 5.02 Å². The molecule has 0 saturated carbocycles. The molecule has 5 nitrogen and oxygen atoms in total. The van der Waals surface area contributed by atoms with E-state index in [1.54, 1.807) is 16.8 Å². The molecule has 2 heterocycles. The summed E-state index contributed by atoms with van der Waals surface area (Å²) in [6.45, 7) is 3.01. The fourth-order valence-electron chi connectivity index (χ4n) is 1.52. The lowest BCUT2D eigenvalue weighted by atomic mass is 10.1. The molecule has 2 N–H and O–H groups in total. The monoisotopic (exact) mass is 254 g/mol. The molecule has 6 heteroatoms. The number of aromatic nitrogens is 3. The number of hydrogen-bond donors (Lipinski definition) is 2. The van der Waals surface area contributed by atoms with Crippen LogP contribution >= 0.6 is 11.6 Å². The lowest BCUT2D eigenvalue weighted by Gasteiger charge is -2.08. The minimum absolute atomic E-state index is 0.205. The molecule has 2 aromatic rings. The topological polar surface area (TPSA) is 62.5 Å². The number of halogens is 1. The number of rotatable bonds is 5. The summed E-state index contributed by atoms with van der Waals surface area (Å²) in [7, 11) is 0. The highest BCUT2D eigenvalue weighted by Crippen LogP contribution is 2.11. The second-order valence-corrected chi connectivity index (χ2v) is 4.52. The van der Waals surface area contributed by atoms with Gasteiger partial charge in [-0.2, -0.15) is 4.98 Å². The smallest absolute Gasteiger partial charge is 0.243 e. The van der Waals surface area contributed by atoms with Gasteiger partial charge in [-0.3, -0.25) is 0 Å². The Morgan fingerprint density at radius 1 is 1.53 bits per heavy atom. The molecular formula is C11H15ClN4O. The number of pyridine rings is 1. The molecule has 2 rings (SSSR count). The second kappa shape index (κ2) is 5.33. The number of hydrogen-bond acceptors (Lipinski definition) is 4. The predicted molar refractivity (Wildman–Crippen MR) is 67.4 cm³/mol. The first-order valence-electron chi connectivity index (χ1n) is 5.55. The molecule has 0 bridgehead atoms. The van der Waals surface area contributed by atoms with E-state index in [-0.39, 0.29) is 6.61 Å². The van der Waals surface area contributed by atoms with Gasteiger partial charge in [-0.1, -0.05) is 18.5 Å². The average Bonchev–Trinajstić information content (AvgIpc) is 2.68. The van der Waals surface area contributed by atoms with Gasteiger partial charge in [0.2, 0.25) is 5.95 Å². The van der Waals surface area contributed by atoms with Crippen molar-refractivity contribution in [2.24, 2.45) is 5.92 Å². The van der Waals surface area contributed by atoms with Crippen LogP contribution in [0.3, 0.4) is 0 Å². The SMILES string of the molecule is CC(CCO)CNc1nc2ccc(Cl)cn2n1. The highest BCUT2D eigenvalue weighted by atomic mass is 35.5. The zero-order valence-corrected chi connectivity index (χ0v) is 10.4. The molecule has 2 aromatic heterocycles. The van der Waals surface area contributed by atoms with Gasteiger partial charge in [0.15, 0.2) is 5.65 Å². The van der Waals surface area contributed by atoms with Crippen LogP contribution in [0, 0.1) is 5.92 Å². The van der Waals surface area contributed by atoms with Gasteiger partial charge in [-0.05, 0) is 24.5 Å². The molecule has 0 radical (unpaired) electrons. The van der Waals surface area contributed by atoms with E-state index in [0.717, 1.165) is 18.6 Å². The fourth-order valence-corrected chi connectivity index (χ4v) is 1.68. The maximum absolute atomic E-state index is 8.80. The van der Waals surface area contributed by atoms with Crippen molar-refractivity contribution in [1.29, 1.82) is 0 Å². The third-order valence-corrected chi connectivity index (χ3v) is 2.75. The summed E-state index contributed by atoms with van der Waals surface area (Å²) in [6, 6.07) is 3.60. The standard InChI is InChI=1S/C11H15ClN4O/c1-8(4-5-17)6-13-11-14-10-3-2-9(12)7-16(10)15-11/h2-3,7-8,17H,4-6H2,1H3,(H,13,15). The number of aliphatic hydroxyl groups is 1. The van der Waals surface area contributed by atoms with Crippen LogP contribution in [-0.2, 0) is 0 Å². The average molecular weight is 255 g/mol. The fraction of sp³-hybridized carbons (Fsp3) is 0.455. The molecule has 0 aromatic carbocycles. The van der Waals surface area contributed by atoms with E-state index in [9.17, 15) is 0 Å². The summed E-state index contributed by atoms with van der Waals surface area (Å²) < 4.78 is 1.64. The molecule has 17 heavy (non-hydrogen) atoms. The van der Waals surface area contributed by atoms with Gasteiger partial charge in [0.25, 0.3) is 0 Å². The number of nitrogens with zero attached hydrogens (tertiary/aromatic N) is 3. The summed E-state index contributed by atoms with van der Waals surface area (Å²) in [5.74, 6) is 0.965. The first-order chi connectivity index (χ1) is 8.19. The minimum Gasteiger partial charge on any atom is -0.396 e. The van der Waals surface area contributed by atoms with E-state index >= 15 is 0 Å². The van der Waals surface area contributed by atoms with Crippen LogP contribution in [0.25, 0.3) is 5.65 Å². The van der Waals surface area contributed by atoms with Crippen LogP contribution < -0.4 is 5.32 Å². The molecule has 0 fully saturated rings. The molecule has 0 amide bonds. The Hall–Kier alpha value is -1.33. The van der Waals surface area contributed by atoms with Gasteiger partial charge in [-0.25, -0.2) is 4.52 Å². The summed E-state index contributed by atoms with van der Waals surface area (Å²) in [5.41, 5.74) is 0.756. The van der Waals surface area contributed by atoms with Crippen molar-refractivity contribution >= 4 is 23.2 Å². The van der Waals surface area contributed by atoms with Gasteiger partial charge in [0.05, 0.1) is 5.02 Å². The Labute approximate surface area is 104 Å². The Balaban J connectivity index is 2.04. The molecule has 0 aliphatic rings. The van der Waals surface area contributed by atoms with E-state index in [4.69, 9.17) is 16.7 Å². The Morgan fingerprint density at radius 2 is 2.35 bits per heavy atom. The van der Waals surface area contributed by atoms with Crippen molar-refractivity contribution in [2.75, 3.05) is 18.5 Å². The molecule has 1 unspecified atom stereocenters. The van der Waals surface area contributed by atoms with Crippen LogP contribution in [0.4, 0.5) is 5.95 Å². The van der Waals surface area contributed by atoms with Gasteiger partial charge < -0.3 is 10.4 Å². The molecule has 1 atom stereocenters. The van der Waals surface area contributed by atoms with E-state index in [2.05, 4.69) is 22.3 Å². The number of nitrogens with one attached hydrogen (secondary N) is 1. The highest BCUT2D eigenvalue weighted by molar-refractivity contribution is 6.30. The van der Waals surface area contributed by atoms with Crippen LogP contribution in [0.1, 0.15) is 13.3 Å². The maximum atomic E-state index is 8.80. The Kier molecular flexibility index (Phi) is 3.81. The third-order valence-electron chi connectivity index (χ3n) is 2.53. The van der Waals surface area contributed by atoms with Gasteiger partial charge in [0.1, 0.15) is 0 Å².